The van der Waals surface area contributed by atoms with Gasteiger partial charge in [-0.15, -0.1) is 0 Å². The quantitative estimate of drug-likeness (QED) is 0.426. The van der Waals surface area contributed by atoms with Crippen LogP contribution in [0, 0.1) is 0 Å². The van der Waals surface area contributed by atoms with E-state index in [1.54, 1.807) is 42.5 Å². The van der Waals surface area contributed by atoms with Crippen LogP contribution in [-0.2, 0) is 11.0 Å². The first-order chi connectivity index (χ1) is 14.8. The molecule has 1 unspecified atom stereocenters. The first kappa shape index (κ1) is 18.9. The molecule has 4 aromatic rings. The molecule has 0 saturated carbocycles. The lowest BCUT2D eigenvalue weighted by molar-refractivity contribution is -0.137. The van der Waals surface area contributed by atoms with Crippen LogP contribution in [0.15, 0.2) is 61.1 Å². The molecule has 31 heavy (non-hydrogen) atoms. The van der Waals surface area contributed by atoms with Gasteiger partial charge in [0.05, 0.1) is 22.9 Å². The van der Waals surface area contributed by atoms with Crippen molar-refractivity contribution in [3.05, 3.63) is 72.2 Å². The Bertz CT molecular complexity index is 1310. The lowest BCUT2D eigenvalue weighted by Gasteiger charge is -2.22. The molecule has 0 radical (unpaired) electrons. The number of nitrogens with zero attached hydrogens (tertiary/aromatic N) is 2. The van der Waals surface area contributed by atoms with E-state index in [1.807, 2.05) is 0 Å². The van der Waals surface area contributed by atoms with E-state index in [1.165, 1.54) is 11.2 Å². The SMILES string of the molecule is O=C1NC(=O)N(c2ccc3nc[nH]c3c2)C1c1ccc(-c2cc(C(F)(F)F)c[nH]2)cc1. The van der Waals surface area contributed by atoms with Crippen molar-refractivity contribution in [2.75, 3.05) is 4.90 Å². The largest absolute Gasteiger partial charge is 0.417 e. The Kier molecular flexibility index (Phi) is 4.10. The number of alkyl halides is 3. The van der Waals surface area contributed by atoms with Gasteiger partial charge in [0.25, 0.3) is 5.91 Å². The Hall–Kier alpha value is -4.08. The predicted molar refractivity (Wildman–Crippen MR) is 106 cm³/mol. The Labute approximate surface area is 172 Å². The number of fused-ring (bicyclic) bond motifs is 1. The maximum Gasteiger partial charge on any atom is 0.417 e. The molecule has 1 saturated heterocycles. The minimum Gasteiger partial charge on any atom is -0.361 e. The molecule has 5 rings (SSSR count). The molecule has 3 heterocycles. The van der Waals surface area contributed by atoms with Gasteiger partial charge in [0.2, 0.25) is 0 Å². The molecule has 0 bridgehead atoms. The second kappa shape index (κ2) is 6.73. The molecule has 2 aromatic heterocycles. The number of nitrogens with one attached hydrogen (secondary N) is 3. The molecule has 1 aliphatic heterocycles. The van der Waals surface area contributed by atoms with Crippen molar-refractivity contribution in [1.29, 1.82) is 0 Å². The number of carbonyl (C=O) groups is 2. The standard InChI is InChI=1S/C21H14F3N5O2/c22-21(23,24)13-7-16(25-9-13)11-1-3-12(4-2-11)18-19(30)28-20(31)29(18)14-5-6-15-17(8-14)27-10-26-15/h1-10,18,25H,(H,26,27)(H,28,30,31). The third kappa shape index (κ3) is 3.21. The highest BCUT2D eigenvalue weighted by Gasteiger charge is 2.40. The van der Waals surface area contributed by atoms with E-state index in [0.717, 1.165) is 17.8 Å². The highest BCUT2D eigenvalue weighted by molar-refractivity contribution is 6.15. The molecule has 156 valence electrons. The Balaban J connectivity index is 1.48. The summed E-state index contributed by atoms with van der Waals surface area (Å²) in [5, 5.41) is 2.31. The first-order valence-electron chi connectivity index (χ1n) is 9.24. The number of benzene rings is 2. The minimum absolute atomic E-state index is 0.298. The monoisotopic (exact) mass is 425 g/mol. The van der Waals surface area contributed by atoms with Crippen molar-refractivity contribution < 1.29 is 22.8 Å². The zero-order chi connectivity index (χ0) is 21.8. The summed E-state index contributed by atoms with van der Waals surface area (Å²) in [6, 6.07) is 11.2. The number of urea groups is 1. The molecular weight excluding hydrogens is 411 g/mol. The van der Waals surface area contributed by atoms with E-state index in [2.05, 4.69) is 20.3 Å². The number of H-pyrrole nitrogens is 2. The number of aromatic nitrogens is 3. The zero-order valence-corrected chi connectivity index (χ0v) is 15.7. The normalized spacial score (nSPS) is 16.9. The molecular formula is C21H14F3N5O2. The second-order valence-corrected chi connectivity index (χ2v) is 7.09. The number of halogens is 3. The van der Waals surface area contributed by atoms with Crippen LogP contribution < -0.4 is 10.2 Å². The summed E-state index contributed by atoms with van der Waals surface area (Å²) < 4.78 is 38.5. The van der Waals surface area contributed by atoms with Crippen molar-refractivity contribution in [2.45, 2.75) is 12.2 Å². The van der Waals surface area contributed by atoms with E-state index in [4.69, 9.17) is 0 Å². The highest BCUT2D eigenvalue weighted by Crippen LogP contribution is 2.35. The van der Waals surface area contributed by atoms with Crippen molar-refractivity contribution in [3.63, 3.8) is 0 Å². The number of anilines is 1. The predicted octanol–water partition coefficient (Wildman–Crippen LogP) is 4.37. The number of imidazole rings is 1. The van der Waals surface area contributed by atoms with Crippen LogP contribution in [0.2, 0.25) is 0 Å². The average Bonchev–Trinajstić information content (AvgIpc) is 3.45. The maximum absolute atomic E-state index is 12.8. The van der Waals surface area contributed by atoms with Crippen LogP contribution in [-0.4, -0.2) is 26.9 Å². The molecule has 0 aliphatic carbocycles. The Morgan fingerprint density at radius 1 is 0.968 bits per heavy atom. The van der Waals surface area contributed by atoms with E-state index in [-0.39, 0.29) is 0 Å². The van der Waals surface area contributed by atoms with E-state index >= 15 is 0 Å². The van der Waals surface area contributed by atoms with Crippen LogP contribution in [0.5, 0.6) is 0 Å². The summed E-state index contributed by atoms with van der Waals surface area (Å²) in [4.78, 5) is 36.1. The van der Waals surface area contributed by atoms with Gasteiger partial charge < -0.3 is 9.97 Å². The van der Waals surface area contributed by atoms with Crippen LogP contribution in [0.4, 0.5) is 23.7 Å². The Morgan fingerprint density at radius 3 is 2.45 bits per heavy atom. The van der Waals surface area contributed by atoms with Gasteiger partial charge in [-0.3, -0.25) is 15.0 Å². The average molecular weight is 425 g/mol. The fraction of sp³-hybridized carbons (Fsp3) is 0.0952. The first-order valence-corrected chi connectivity index (χ1v) is 9.24. The molecule has 3 N–H and O–H groups in total. The molecule has 10 heteroatoms. The number of imide groups is 1. The van der Waals surface area contributed by atoms with Crippen molar-refractivity contribution in [3.8, 4) is 11.3 Å². The fourth-order valence-corrected chi connectivity index (χ4v) is 3.68. The Morgan fingerprint density at radius 2 is 1.74 bits per heavy atom. The summed E-state index contributed by atoms with van der Waals surface area (Å²) in [5.41, 5.74) is 2.52. The van der Waals surface area contributed by atoms with Gasteiger partial charge in [-0.1, -0.05) is 24.3 Å². The molecule has 1 aliphatic rings. The minimum atomic E-state index is -4.44. The third-order valence-electron chi connectivity index (χ3n) is 5.19. The van der Waals surface area contributed by atoms with Crippen molar-refractivity contribution in [2.24, 2.45) is 0 Å². The lowest BCUT2D eigenvalue weighted by atomic mass is 10.0. The van der Waals surface area contributed by atoms with Crippen LogP contribution in [0.25, 0.3) is 22.3 Å². The molecule has 1 fully saturated rings. The van der Waals surface area contributed by atoms with E-state index < -0.39 is 29.7 Å². The molecule has 2 aromatic carbocycles. The summed E-state index contributed by atoms with van der Waals surface area (Å²) in [6.45, 7) is 0. The van der Waals surface area contributed by atoms with E-state index in [0.29, 0.717) is 28.0 Å². The van der Waals surface area contributed by atoms with Crippen molar-refractivity contribution in [1.82, 2.24) is 20.3 Å². The van der Waals surface area contributed by atoms with Gasteiger partial charge in [0.15, 0.2) is 0 Å². The summed E-state index contributed by atoms with van der Waals surface area (Å²) in [7, 11) is 0. The van der Waals surface area contributed by atoms with Crippen LogP contribution in [0.3, 0.4) is 0 Å². The summed E-state index contributed by atoms with van der Waals surface area (Å²) >= 11 is 0. The third-order valence-corrected chi connectivity index (χ3v) is 5.19. The lowest BCUT2D eigenvalue weighted by Crippen LogP contribution is -2.29. The number of aromatic amines is 2. The highest BCUT2D eigenvalue weighted by atomic mass is 19.4. The number of hydrogen-bond donors (Lipinski definition) is 3. The molecule has 7 nitrogen and oxygen atoms in total. The van der Waals surface area contributed by atoms with Crippen LogP contribution >= 0.6 is 0 Å². The molecule has 1 atom stereocenters. The number of amides is 3. The fourth-order valence-electron chi connectivity index (χ4n) is 3.68. The van der Waals surface area contributed by atoms with Gasteiger partial charge in [-0.2, -0.15) is 13.2 Å². The van der Waals surface area contributed by atoms with Crippen LogP contribution in [0.1, 0.15) is 17.2 Å². The number of hydrogen-bond acceptors (Lipinski definition) is 3. The maximum atomic E-state index is 12.8. The topological polar surface area (TPSA) is 93.9 Å². The van der Waals surface area contributed by atoms with Gasteiger partial charge in [-0.05, 0) is 35.4 Å². The van der Waals surface area contributed by atoms with Gasteiger partial charge >= 0.3 is 12.2 Å². The van der Waals surface area contributed by atoms with Crippen molar-refractivity contribution >= 4 is 28.7 Å². The smallest absolute Gasteiger partial charge is 0.361 e. The second-order valence-electron chi connectivity index (χ2n) is 7.09. The number of rotatable bonds is 3. The summed E-state index contributed by atoms with van der Waals surface area (Å²) in [6.07, 6.45) is -2.00. The van der Waals surface area contributed by atoms with Gasteiger partial charge in [-0.25, -0.2) is 9.78 Å². The molecule has 0 spiro atoms. The van der Waals surface area contributed by atoms with E-state index in [9.17, 15) is 22.8 Å². The van der Waals surface area contributed by atoms with Gasteiger partial charge in [0.1, 0.15) is 6.04 Å². The zero-order valence-electron chi connectivity index (χ0n) is 15.7. The number of carbonyl (C=O) groups excluding carboxylic acids is 2. The summed E-state index contributed by atoms with van der Waals surface area (Å²) in [5.74, 6) is -0.485. The van der Waals surface area contributed by atoms with Gasteiger partial charge in [0, 0.05) is 17.6 Å². The molecule has 3 amide bonds.